The molecule has 0 radical (unpaired) electrons. The minimum absolute atomic E-state index is 0.734. The Hall–Kier alpha value is -6.86. The molecule has 0 aliphatic carbocycles. The van der Waals surface area contributed by atoms with Gasteiger partial charge >= 0.3 is 0 Å². The molecule has 58 heavy (non-hydrogen) atoms. The first-order valence-corrected chi connectivity index (χ1v) is 20.9. The SMILES string of the molecule is Brc1cc(-c2ccc3c(c2)c2ccccc2n3-c2ccccc2)cc(-c2ccc3c(c2)c2cc(-c4ncc5c(n4)sc4ccccc45)ccc2n3-c2ccccc2)c1. The van der Waals surface area contributed by atoms with Crippen LogP contribution in [0.3, 0.4) is 0 Å². The average Bonchev–Trinajstić information content (AvgIpc) is 3.93. The van der Waals surface area contributed by atoms with E-state index in [1.165, 1.54) is 42.8 Å². The van der Waals surface area contributed by atoms with Crippen molar-refractivity contribution in [1.29, 1.82) is 0 Å². The maximum atomic E-state index is 5.09. The molecule has 0 N–H and O–H groups in total. The van der Waals surface area contributed by atoms with Gasteiger partial charge in [-0.15, -0.1) is 11.3 Å². The first kappa shape index (κ1) is 33.3. The summed E-state index contributed by atoms with van der Waals surface area (Å²) in [6.07, 6.45) is 1.98. The van der Waals surface area contributed by atoms with Crippen LogP contribution in [0.25, 0.3) is 109 Å². The minimum atomic E-state index is 0.734. The molecule has 0 saturated heterocycles. The summed E-state index contributed by atoms with van der Waals surface area (Å²) in [5.41, 5.74) is 12.6. The molecule has 8 aromatic carbocycles. The van der Waals surface area contributed by atoms with Gasteiger partial charge in [0.05, 0.1) is 22.1 Å². The molecule has 0 saturated carbocycles. The summed E-state index contributed by atoms with van der Waals surface area (Å²) in [5, 5.41) is 7.12. The predicted octanol–water partition coefficient (Wildman–Crippen LogP) is 14.8. The molecule has 0 unspecified atom stereocenters. The topological polar surface area (TPSA) is 35.6 Å². The van der Waals surface area contributed by atoms with Crippen molar-refractivity contribution in [3.8, 4) is 45.0 Å². The van der Waals surface area contributed by atoms with Crippen molar-refractivity contribution < 1.29 is 0 Å². The molecule has 0 atom stereocenters. The summed E-state index contributed by atoms with van der Waals surface area (Å²) in [6.45, 7) is 0. The Kier molecular flexibility index (Phi) is 7.52. The summed E-state index contributed by atoms with van der Waals surface area (Å²) in [5.74, 6) is 0.734. The van der Waals surface area contributed by atoms with E-state index in [1.54, 1.807) is 11.3 Å². The molecule has 0 amide bonds. The first-order chi connectivity index (χ1) is 28.6. The maximum Gasteiger partial charge on any atom is 0.160 e. The van der Waals surface area contributed by atoms with Crippen molar-refractivity contribution in [3.63, 3.8) is 0 Å². The first-order valence-electron chi connectivity index (χ1n) is 19.3. The van der Waals surface area contributed by atoms with E-state index in [1.807, 2.05) is 6.20 Å². The highest BCUT2D eigenvalue weighted by molar-refractivity contribution is 9.10. The van der Waals surface area contributed by atoms with Crippen LogP contribution in [0.15, 0.2) is 193 Å². The number of halogens is 1. The van der Waals surface area contributed by atoms with Crippen LogP contribution in [-0.2, 0) is 0 Å². The van der Waals surface area contributed by atoms with Gasteiger partial charge < -0.3 is 9.13 Å². The van der Waals surface area contributed by atoms with Gasteiger partial charge in [0.1, 0.15) is 4.83 Å². The molecule has 0 fully saturated rings. The number of nitrogens with zero attached hydrogens (tertiary/aromatic N) is 4. The van der Waals surface area contributed by atoms with Gasteiger partial charge in [-0.25, -0.2) is 9.97 Å². The lowest BCUT2D eigenvalue weighted by Gasteiger charge is -2.11. The van der Waals surface area contributed by atoms with Crippen molar-refractivity contribution >= 4 is 91.2 Å². The lowest BCUT2D eigenvalue weighted by atomic mass is 9.97. The summed E-state index contributed by atoms with van der Waals surface area (Å²) < 4.78 is 6.99. The summed E-state index contributed by atoms with van der Waals surface area (Å²) in [4.78, 5) is 11.0. The van der Waals surface area contributed by atoms with Gasteiger partial charge in [0.15, 0.2) is 5.82 Å². The second-order valence-electron chi connectivity index (χ2n) is 14.8. The van der Waals surface area contributed by atoms with Gasteiger partial charge in [-0.2, -0.15) is 0 Å². The van der Waals surface area contributed by atoms with Crippen molar-refractivity contribution in [2.45, 2.75) is 0 Å². The Morgan fingerprint density at radius 1 is 0.397 bits per heavy atom. The van der Waals surface area contributed by atoms with Crippen LogP contribution >= 0.6 is 27.3 Å². The van der Waals surface area contributed by atoms with Gasteiger partial charge in [0.2, 0.25) is 0 Å². The van der Waals surface area contributed by atoms with Gasteiger partial charge in [-0.3, -0.25) is 0 Å². The molecule has 12 aromatic rings. The fourth-order valence-electron chi connectivity index (χ4n) is 8.78. The molecule has 6 heteroatoms. The van der Waals surface area contributed by atoms with Gasteiger partial charge in [0, 0.05) is 64.6 Å². The van der Waals surface area contributed by atoms with Crippen LogP contribution in [0.1, 0.15) is 0 Å². The quantitative estimate of drug-likeness (QED) is 0.173. The molecule has 0 spiro atoms. The molecular formula is C52H31BrN4S. The maximum absolute atomic E-state index is 5.09. The van der Waals surface area contributed by atoms with Crippen molar-refractivity contribution in [2.75, 3.05) is 0 Å². The Bertz CT molecular complexity index is 3580. The predicted molar refractivity (Wildman–Crippen MR) is 248 cm³/mol. The number of hydrogen-bond acceptors (Lipinski definition) is 3. The summed E-state index contributed by atoms with van der Waals surface area (Å²) >= 11 is 5.62. The van der Waals surface area contributed by atoms with E-state index in [9.17, 15) is 0 Å². The lowest BCUT2D eigenvalue weighted by Crippen LogP contribution is -1.93. The summed E-state index contributed by atoms with van der Waals surface area (Å²) in [6, 6.07) is 65.5. The number of para-hydroxylation sites is 3. The summed E-state index contributed by atoms with van der Waals surface area (Å²) in [7, 11) is 0. The molecule has 4 nitrogen and oxygen atoms in total. The Morgan fingerprint density at radius 3 is 1.53 bits per heavy atom. The van der Waals surface area contributed by atoms with E-state index in [-0.39, 0.29) is 0 Å². The third kappa shape index (κ3) is 5.26. The molecule has 272 valence electrons. The fraction of sp³-hybridized carbons (Fsp3) is 0. The number of rotatable bonds is 5. The smallest absolute Gasteiger partial charge is 0.160 e. The van der Waals surface area contributed by atoms with Gasteiger partial charge in [0.25, 0.3) is 0 Å². The molecule has 12 rings (SSSR count). The monoisotopic (exact) mass is 822 g/mol. The van der Waals surface area contributed by atoms with Crippen LogP contribution in [0.2, 0.25) is 0 Å². The molecule has 0 bridgehead atoms. The third-order valence-electron chi connectivity index (χ3n) is 11.4. The normalized spacial score (nSPS) is 11.9. The highest BCUT2D eigenvalue weighted by atomic mass is 79.9. The molecule has 0 aliphatic rings. The highest BCUT2D eigenvalue weighted by Gasteiger charge is 2.18. The van der Waals surface area contributed by atoms with Crippen LogP contribution < -0.4 is 0 Å². The van der Waals surface area contributed by atoms with E-state index in [2.05, 4.69) is 207 Å². The van der Waals surface area contributed by atoms with E-state index >= 15 is 0 Å². The Balaban J connectivity index is 1.01. The van der Waals surface area contributed by atoms with Crippen molar-refractivity contribution in [3.05, 3.63) is 193 Å². The zero-order chi connectivity index (χ0) is 38.3. The largest absolute Gasteiger partial charge is 0.309 e. The lowest BCUT2D eigenvalue weighted by molar-refractivity contribution is 1.18. The van der Waals surface area contributed by atoms with Gasteiger partial charge in [-0.1, -0.05) is 101 Å². The Morgan fingerprint density at radius 2 is 0.897 bits per heavy atom. The number of aromatic nitrogens is 4. The average molecular weight is 824 g/mol. The van der Waals surface area contributed by atoms with Crippen LogP contribution in [-0.4, -0.2) is 19.1 Å². The fourth-order valence-corrected chi connectivity index (χ4v) is 10.3. The van der Waals surface area contributed by atoms with E-state index in [0.29, 0.717) is 0 Å². The van der Waals surface area contributed by atoms with E-state index < -0.39 is 0 Å². The van der Waals surface area contributed by atoms with E-state index in [0.717, 1.165) is 70.6 Å². The number of hydrogen-bond donors (Lipinski definition) is 0. The second kappa shape index (κ2) is 13.1. The number of benzene rings is 8. The highest BCUT2D eigenvalue weighted by Crippen LogP contribution is 2.41. The third-order valence-corrected chi connectivity index (χ3v) is 13.0. The standard InChI is InChI=1S/C52H31BrN4S/c53-37-26-35(32-19-22-47-42(28-32)40-15-7-9-17-46(40)56(47)38-11-3-1-4-12-38)25-36(27-37)33-20-23-48-43(29-33)44-30-34(21-24-49(44)57(48)39-13-5-2-6-14-39)51-54-31-45-41-16-8-10-18-50(41)58-52(45)55-51/h1-31H. The number of thiophene rings is 1. The minimum Gasteiger partial charge on any atom is -0.309 e. The van der Waals surface area contributed by atoms with Crippen LogP contribution in [0, 0.1) is 0 Å². The Labute approximate surface area is 346 Å². The zero-order valence-electron chi connectivity index (χ0n) is 31.0. The van der Waals surface area contributed by atoms with Crippen molar-refractivity contribution in [1.82, 2.24) is 19.1 Å². The van der Waals surface area contributed by atoms with Gasteiger partial charge in [-0.05, 0) is 119 Å². The van der Waals surface area contributed by atoms with Crippen LogP contribution in [0.4, 0.5) is 0 Å². The van der Waals surface area contributed by atoms with Crippen molar-refractivity contribution in [2.24, 2.45) is 0 Å². The second-order valence-corrected chi connectivity index (χ2v) is 16.7. The van der Waals surface area contributed by atoms with E-state index in [4.69, 9.17) is 9.97 Å². The number of fused-ring (bicyclic) bond motifs is 9. The van der Waals surface area contributed by atoms with Crippen LogP contribution in [0.5, 0.6) is 0 Å². The molecule has 0 aliphatic heterocycles. The molecule has 4 aromatic heterocycles. The molecular weight excluding hydrogens is 793 g/mol. The zero-order valence-corrected chi connectivity index (χ0v) is 33.4. The molecule has 4 heterocycles.